The van der Waals surface area contributed by atoms with Crippen LogP contribution < -0.4 is 0 Å². The van der Waals surface area contributed by atoms with E-state index < -0.39 is 11.9 Å². The van der Waals surface area contributed by atoms with Gasteiger partial charge >= 0.3 is 11.9 Å². The second-order valence-corrected chi connectivity index (χ2v) is 21.5. The Labute approximate surface area is 434 Å². The van der Waals surface area contributed by atoms with Crippen molar-refractivity contribution < 1.29 is 43.5 Å². The van der Waals surface area contributed by atoms with Crippen molar-refractivity contribution in [2.24, 2.45) is 59.2 Å². The quantitative estimate of drug-likeness (QED) is 0.0169. The Kier molecular flexibility index (Phi) is 36.2. The molecule has 0 aromatic heterocycles. The van der Waals surface area contributed by atoms with Gasteiger partial charge in [0.1, 0.15) is 12.0 Å². The summed E-state index contributed by atoms with van der Waals surface area (Å²) in [4.78, 5) is 32.1. The number of hydrogen-bond acceptors (Lipinski definition) is 8. The van der Waals surface area contributed by atoms with Gasteiger partial charge in [-0.15, -0.1) is 13.2 Å². The fourth-order valence-corrected chi connectivity index (χ4v) is 12.4. The van der Waals surface area contributed by atoms with Crippen LogP contribution in [0, 0.1) is 71.0 Å². The smallest absolute Gasteiger partial charge is 0.330 e. The molecule has 9 nitrogen and oxygen atoms in total. The number of ether oxygens (including phenoxy) is 4. The molecule has 6 fully saturated rings. The summed E-state index contributed by atoms with van der Waals surface area (Å²) in [6.07, 6.45) is 42.2. The number of carboxylic acid groups (broad SMARTS) is 1. The number of carboxylic acids is 1. The summed E-state index contributed by atoms with van der Waals surface area (Å²) in [5.41, 5.74) is 0. The summed E-state index contributed by atoms with van der Waals surface area (Å²) in [6, 6.07) is 0. The zero-order valence-corrected chi connectivity index (χ0v) is 45.5. The van der Waals surface area contributed by atoms with E-state index in [1.165, 1.54) is 128 Å². The van der Waals surface area contributed by atoms with Gasteiger partial charge in [-0.1, -0.05) is 96.8 Å². The molecule has 6 saturated carbocycles. The second-order valence-electron chi connectivity index (χ2n) is 21.5. The highest BCUT2D eigenvalue weighted by molar-refractivity contribution is 5.81. The van der Waals surface area contributed by atoms with Crippen molar-refractivity contribution in [2.45, 2.75) is 219 Å². The normalized spacial score (nSPS) is 30.3. The molecule has 9 heteroatoms. The third-order valence-electron chi connectivity index (χ3n) is 16.7. The molecule has 2 N–H and O–H groups in total. The largest absolute Gasteiger partial charge is 0.494 e. The summed E-state index contributed by atoms with van der Waals surface area (Å²) in [5.74, 6) is 14.9. The lowest BCUT2D eigenvalue weighted by atomic mass is 9.68. The van der Waals surface area contributed by atoms with Crippen LogP contribution in [0.1, 0.15) is 206 Å². The average Bonchev–Trinajstić information content (AvgIpc) is 3.42. The highest BCUT2D eigenvalue weighted by Gasteiger charge is 2.32. The summed E-state index contributed by atoms with van der Waals surface area (Å²) >= 11 is 0. The Morgan fingerprint density at radius 3 is 1.27 bits per heavy atom. The summed E-state index contributed by atoms with van der Waals surface area (Å²) in [6.45, 7) is 23.4. The highest BCUT2D eigenvalue weighted by Crippen LogP contribution is 2.44. The van der Waals surface area contributed by atoms with Crippen LogP contribution in [0.3, 0.4) is 0 Å². The Hall–Kier alpha value is -3.19. The molecule has 6 rings (SSSR count). The third-order valence-corrected chi connectivity index (χ3v) is 16.7. The van der Waals surface area contributed by atoms with E-state index in [0.717, 1.165) is 125 Å². The second kappa shape index (κ2) is 40.2. The molecule has 6 aliphatic carbocycles. The first-order valence-corrected chi connectivity index (χ1v) is 28.7. The van der Waals surface area contributed by atoms with E-state index in [4.69, 9.17) is 29.2 Å². The predicted molar refractivity (Wildman–Crippen MR) is 292 cm³/mol. The van der Waals surface area contributed by atoms with Crippen LogP contribution in [0.4, 0.5) is 0 Å². The van der Waals surface area contributed by atoms with Crippen molar-refractivity contribution in [3.63, 3.8) is 0 Å². The lowest BCUT2D eigenvalue weighted by molar-refractivity contribution is -0.144. The van der Waals surface area contributed by atoms with Crippen LogP contribution in [0.15, 0.2) is 50.8 Å². The Morgan fingerprint density at radius 1 is 0.535 bits per heavy atom. The van der Waals surface area contributed by atoms with Crippen molar-refractivity contribution >= 4 is 18.2 Å². The molecule has 0 saturated heterocycles. The first kappa shape index (κ1) is 63.9. The summed E-state index contributed by atoms with van der Waals surface area (Å²) in [5, 5.41) is 15.9. The first-order valence-electron chi connectivity index (χ1n) is 28.7. The number of allylic oxidation sites excluding steroid dienone is 1. The van der Waals surface area contributed by atoms with E-state index in [9.17, 15) is 14.4 Å². The Morgan fingerprint density at radius 2 is 0.915 bits per heavy atom. The lowest BCUT2D eigenvalue weighted by Crippen LogP contribution is -2.26. The van der Waals surface area contributed by atoms with E-state index in [0.29, 0.717) is 38.6 Å². The molecule has 0 radical (unpaired) electrons. The van der Waals surface area contributed by atoms with Crippen LogP contribution in [0.2, 0.25) is 0 Å². The summed E-state index contributed by atoms with van der Waals surface area (Å²) < 4.78 is 21.4. The minimum absolute atomic E-state index is 0.177. The number of rotatable bonds is 21. The van der Waals surface area contributed by atoms with Crippen molar-refractivity contribution in [1.82, 2.24) is 0 Å². The minimum atomic E-state index is -0.676. The molecule has 0 aromatic rings. The van der Waals surface area contributed by atoms with Crippen molar-refractivity contribution in [3.05, 3.63) is 50.8 Å². The molecule has 0 aromatic carbocycles. The van der Waals surface area contributed by atoms with Crippen LogP contribution in [0.25, 0.3) is 0 Å². The molecule has 0 atom stereocenters. The summed E-state index contributed by atoms with van der Waals surface area (Å²) in [7, 11) is 1.00. The molecule has 0 heterocycles. The monoisotopic (exact) mass is 993 g/mol. The molecular formula is C62H104O9. The van der Waals surface area contributed by atoms with Crippen LogP contribution >= 0.6 is 0 Å². The number of aliphatic hydroxyl groups excluding tert-OH is 1. The highest BCUT2D eigenvalue weighted by atomic mass is 16.5. The molecular weight excluding hydrogens is 889 g/mol. The fraction of sp³-hybridized carbons (Fsp3) is 0.790. The SMILES string of the molecule is C=C.C=CC(=C)OCCCOC1CCC(C(=O)O)CC1.C=CC(=O)OCCCOC1CCC(C=O)CC1.CCCC1CCC(C2CCC(C#CC3CCC(C4CCC(CCC)CC4)CC3)CC2)CC1.CO. The van der Waals surface area contributed by atoms with Gasteiger partial charge < -0.3 is 34.0 Å². The molecule has 0 spiro atoms. The van der Waals surface area contributed by atoms with Gasteiger partial charge in [0, 0.05) is 43.8 Å². The van der Waals surface area contributed by atoms with Gasteiger partial charge in [0.05, 0.1) is 44.6 Å². The maximum atomic E-state index is 10.8. The topological polar surface area (TPSA) is 129 Å². The molecule has 0 bridgehead atoms. The van der Waals surface area contributed by atoms with Crippen LogP contribution in [-0.2, 0) is 33.3 Å². The Bertz CT molecular complexity index is 1420. The van der Waals surface area contributed by atoms with Gasteiger partial charge in [0.2, 0.25) is 0 Å². The van der Waals surface area contributed by atoms with Crippen LogP contribution in [0.5, 0.6) is 0 Å². The van der Waals surface area contributed by atoms with Gasteiger partial charge in [0.15, 0.2) is 0 Å². The van der Waals surface area contributed by atoms with Crippen LogP contribution in [-0.4, -0.2) is 74.2 Å². The molecule has 0 aliphatic heterocycles. The maximum absolute atomic E-state index is 10.8. The van der Waals surface area contributed by atoms with E-state index in [2.05, 4.69) is 58.6 Å². The number of carbonyl (C=O) groups is 3. The van der Waals surface area contributed by atoms with Gasteiger partial charge in [-0.05, 0) is 170 Å². The number of aliphatic carboxylic acids is 1. The zero-order chi connectivity index (χ0) is 52.1. The van der Waals surface area contributed by atoms with Crippen molar-refractivity contribution in [2.75, 3.05) is 33.5 Å². The van der Waals surface area contributed by atoms with E-state index in [1.807, 2.05) is 0 Å². The third kappa shape index (κ3) is 27.1. The van der Waals surface area contributed by atoms with E-state index >= 15 is 0 Å². The van der Waals surface area contributed by atoms with E-state index in [-0.39, 0.29) is 24.0 Å². The van der Waals surface area contributed by atoms with Gasteiger partial charge in [0.25, 0.3) is 0 Å². The van der Waals surface area contributed by atoms with E-state index in [1.54, 1.807) is 6.08 Å². The molecule has 6 aliphatic rings. The predicted octanol–water partition coefficient (Wildman–Crippen LogP) is 14.9. The van der Waals surface area contributed by atoms with Crippen molar-refractivity contribution in [3.8, 4) is 11.8 Å². The minimum Gasteiger partial charge on any atom is -0.494 e. The molecule has 71 heavy (non-hydrogen) atoms. The van der Waals surface area contributed by atoms with Gasteiger partial charge in [-0.2, -0.15) is 0 Å². The molecule has 406 valence electrons. The average molecular weight is 994 g/mol. The number of aliphatic hydroxyl groups is 1. The Balaban J connectivity index is 0.000000379. The van der Waals surface area contributed by atoms with Gasteiger partial charge in [-0.25, -0.2) is 4.79 Å². The fourth-order valence-electron chi connectivity index (χ4n) is 12.4. The number of esters is 1. The van der Waals surface area contributed by atoms with Crippen molar-refractivity contribution in [1.29, 1.82) is 0 Å². The number of aldehydes is 1. The maximum Gasteiger partial charge on any atom is 0.330 e. The standard InChI is InChI=1S/C32H54.C14H22O4.C13H20O4.C2H4.CH4O/c1-3-5-25-9-17-29(18-10-25)31-21-13-27(14-22-31)7-8-28-15-23-32(24-16-28)30-19-11-26(6-4-2)12-20-30;1-3-11(2)17-9-4-10-18-13-7-5-12(6-8-13)14(15)16;1-2-13(15)17-9-3-8-16-12-6-4-11(10-14)5-7-12;2*1-2/h25-32H,3-6,9-24H2,1-2H3;3,12-13H,1-2,4-10H2,(H,15,16);2,10-12H,1,3-9H2;1-2H2;2H,1H3. The zero-order valence-electron chi connectivity index (χ0n) is 45.5. The number of hydrogen-bond donors (Lipinski definition) is 2. The number of carbonyl (C=O) groups excluding carboxylic acids is 2. The lowest BCUT2D eigenvalue weighted by Gasteiger charge is -2.37. The first-order chi connectivity index (χ1) is 34.6. The molecule has 0 amide bonds. The molecule has 0 unspecified atom stereocenters. The van der Waals surface area contributed by atoms with Gasteiger partial charge in [-0.3, -0.25) is 4.79 Å².